The second-order valence-corrected chi connectivity index (χ2v) is 23.5. The SMILES string of the molecule is CN[C@@H](C)C(=O)N[C@H](C(=O)N1C[C@@H](OCCCN2CCN(CCCO[C@H]3C[C@@H](C(=O)N[C@@H]4CCCc5ccccc54)N(C(=O)[C@@H](NC(=O)[C@H](C)NC)C4CCC4)C3)CC2)C[C@H]1C(=O)N[C@@H]1CCCc2ccccc21)C1CCC1. The Bertz CT molecular complexity index is 2210. The smallest absolute Gasteiger partial charge is 0.246 e. The number of likely N-dealkylation sites (tertiary alicyclic amines) is 2. The number of nitrogens with zero attached hydrogens (tertiary/aromatic N) is 4. The molecule has 2 aromatic rings. The van der Waals surface area contributed by atoms with Crippen LogP contribution in [0.4, 0.5) is 0 Å². The van der Waals surface area contributed by atoms with E-state index in [1.807, 2.05) is 24.3 Å². The predicted molar refractivity (Wildman–Crippen MR) is 298 cm³/mol. The maximum atomic E-state index is 14.5. The molecule has 0 bridgehead atoms. The van der Waals surface area contributed by atoms with Gasteiger partial charge in [-0.05, 0) is 139 Å². The number of carbonyl (C=O) groups is 6. The Kier molecular flexibility index (Phi) is 20.3. The molecule has 0 unspecified atom stereocenters. The van der Waals surface area contributed by atoms with E-state index in [0.29, 0.717) is 39.1 Å². The van der Waals surface area contributed by atoms with E-state index in [1.54, 1.807) is 37.7 Å². The standard InChI is InChI=1S/C60H90N10O8/c1-39(61-3)55(71)65-53(43-19-9-20-43)59(75)69-37-45(35-51(69)57(73)63-49-25-11-17-41-15-5-7-23-47(41)49)77-33-13-27-67-29-31-68(32-30-67)28-14-34-78-46-36-52(58(74)64-50-26-12-18-42-16-6-8-24-48(42)50)70(38-46)60(76)54(44-21-10-22-44)66-56(72)40(2)62-4/h5-8,15-16,23-24,39-40,43-46,49-54,61-62H,9-14,17-22,25-38H2,1-4H3,(H,63,73)(H,64,74)(H,65,71)(H,66,72)/t39-,40-,45-,46-,49+,50+,51-,52-,53-,54-/m0/s1. The van der Waals surface area contributed by atoms with Crippen molar-refractivity contribution in [2.75, 3.05) is 79.7 Å². The van der Waals surface area contributed by atoms with Crippen molar-refractivity contribution in [1.82, 2.24) is 51.5 Å². The Morgan fingerprint density at radius 2 is 0.949 bits per heavy atom. The van der Waals surface area contributed by atoms with Gasteiger partial charge in [0.15, 0.2) is 0 Å². The van der Waals surface area contributed by atoms with Crippen molar-refractivity contribution in [3.8, 4) is 0 Å². The first-order valence-electron chi connectivity index (χ1n) is 29.9. The third-order valence-electron chi connectivity index (χ3n) is 18.5. The zero-order valence-electron chi connectivity index (χ0n) is 47.0. The maximum Gasteiger partial charge on any atom is 0.246 e. The van der Waals surface area contributed by atoms with Crippen LogP contribution in [0.25, 0.3) is 0 Å². The number of ether oxygens (including phenoxy) is 2. The lowest BCUT2D eigenvalue weighted by Gasteiger charge is -2.37. The number of hydrogen-bond acceptors (Lipinski definition) is 12. The molecule has 10 atom stereocenters. The number of likely N-dealkylation sites (N-methyl/N-ethyl adjacent to an activating group) is 2. The molecule has 7 aliphatic rings. The molecule has 428 valence electrons. The zero-order valence-corrected chi connectivity index (χ0v) is 47.0. The summed E-state index contributed by atoms with van der Waals surface area (Å²) in [5.74, 6) is -1.07. The fraction of sp³-hybridized carbons (Fsp3) is 0.700. The highest BCUT2D eigenvalue weighted by atomic mass is 16.5. The minimum absolute atomic E-state index is 0.0418. The van der Waals surface area contributed by atoms with Crippen molar-refractivity contribution in [3.63, 3.8) is 0 Å². The van der Waals surface area contributed by atoms with Crippen LogP contribution in [-0.2, 0) is 51.1 Å². The van der Waals surface area contributed by atoms with Gasteiger partial charge in [-0.2, -0.15) is 0 Å². The molecule has 9 rings (SSSR count). The summed E-state index contributed by atoms with van der Waals surface area (Å²) in [5.41, 5.74) is 4.81. The summed E-state index contributed by atoms with van der Waals surface area (Å²) in [7, 11) is 3.46. The van der Waals surface area contributed by atoms with Crippen LogP contribution in [0, 0.1) is 11.8 Å². The minimum atomic E-state index is -0.690. The van der Waals surface area contributed by atoms with Crippen molar-refractivity contribution in [3.05, 3.63) is 70.8 Å². The van der Waals surface area contributed by atoms with Gasteiger partial charge in [0.1, 0.15) is 24.2 Å². The van der Waals surface area contributed by atoms with Crippen LogP contribution in [0.2, 0.25) is 0 Å². The fourth-order valence-electron chi connectivity index (χ4n) is 13.0. The Hall–Kier alpha value is -4.98. The molecule has 5 fully saturated rings. The van der Waals surface area contributed by atoms with Gasteiger partial charge in [0.2, 0.25) is 35.4 Å². The Balaban J connectivity index is 0.735. The zero-order chi connectivity index (χ0) is 54.7. The van der Waals surface area contributed by atoms with Crippen LogP contribution in [0.15, 0.2) is 48.5 Å². The molecule has 2 saturated carbocycles. The van der Waals surface area contributed by atoms with E-state index in [9.17, 15) is 28.8 Å². The number of hydrogen-bond donors (Lipinski definition) is 6. The molecular weight excluding hydrogens is 989 g/mol. The largest absolute Gasteiger partial charge is 0.376 e. The van der Waals surface area contributed by atoms with Gasteiger partial charge in [0, 0.05) is 78.4 Å². The third-order valence-corrected chi connectivity index (χ3v) is 18.5. The Morgan fingerprint density at radius 1 is 0.551 bits per heavy atom. The van der Waals surface area contributed by atoms with Gasteiger partial charge in [-0.15, -0.1) is 0 Å². The van der Waals surface area contributed by atoms with E-state index in [4.69, 9.17) is 9.47 Å². The monoisotopic (exact) mass is 1080 g/mol. The first-order chi connectivity index (χ1) is 37.9. The number of aryl methyl sites for hydroxylation is 2. The van der Waals surface area contributed by atoms with Gasteiger partial charge in [-0.1, -0.05) is 61.4 Å². The molecular formula is C60H90N10O8. The molecule has 3 heterocycles. The van der Waals surface area contributed by atoms with Crippen molar-refractivity contribution in [2.45, 2.75) is 177 Å². The molecule has 18 heteroatoms. The summed E-state index contributed by atoms with van der Waals surface area (Å²) >= 11 is 0. The average Bonchev–Trinajstić information content (AvgIpc) is 4.14. The summed E-state index contributed by atoms with van der Waals surface area (Å²) < 4.78 is 13.0. The summed E-state index contributed by atoms with van der Waals surface area (Å²) in [4.78, 5) is 92.3. The van der Waals surface area contributed by atoms with Crippen LogP contribution in [0.5, 0.6) is 0 Å². The number of nitrogens with one attached hydrogen (secondary N) is 6. The van der Waals surface area contributed by atoms with Crippen LogP contribution in [0.1, 0.15) is 138 Å². The van der Waals surface area contributed by atoms with Crippen molar-refractivity contribution < 1.29 is 38.2 Å². The van der Waals surface area contributed by atoms with E-state index in [2.05, 4.69) is 66.0 Å². The summed E-state index contributed by atoms with van der Waals surface area (Å²) in [5, 5.41) is 18.7. The van der Waals surface area contributed by atoms with E-state index in [-0.39, 0.29) is 71.6 Å². The molecule has 4 aliphatic carbocycles. The average molecular weight is 1080 g/mol. The molecule has 6 amide bonds. The van der Waals surface area contributed by atoms with E-state index in [1.165, 1.54) is 11.1 Å². The minimum Gasteiger partial charge on any atom is -0.376 e. The van der Waals surface area contributed by atoms with Gasteiger partial charge < -0.3 is 61.0 Å². The van der Waals surface area contributed by atoms with Crippen LogP contribution < -0.4 is 31.9 Å². The lowest BCUT2D eigenvalue weighted by atomic mass is 9.79. The van der Waals surface area contributed by atoms with Gasteiger partial charge >= 0.3 is 0 Å². The van der Waals surface area contributed by atoms with Crippen LogP contribution in [0.3, 0.4) is 0 Å². The predicted octanol–water partition coefficient (Wildman–Crippen LogP) is 3.53. The topological polar surface area (TPSA) is 206 Å². The summed E-state index contributed by atoms with van der Waals surface area (Å²) in [6.07, 6.45) is 13.0. The fourth-order valence-corrected chi connectivity index (χ4v) is 13.0. The number of carbonyl (C=O) groups excluding carboxylic acids is 6. The molecule has 2 aromatic carbocycles. The quantitative estimate of drug-likeness (QED) is 0.0837. The summed E-state index contributed by atoms with van der Waals surface area (Å²) in [6, 6.07) is 12.7. The van der Waals surface area contributed by atoms with Crippen molar-refractivity contribution in [2.24, 2.45) is 11.8 Å². The van der Waals surface area contributed by atoms with E-state index in [0.717, 1.165) is 140 Å². The second-order valence-electron chi connectivity index (χ2n) is 23.5. The van der Waals surface area contributed by atoms with Crippen molar-refractivity contribution in [1.29, 1.82) is 0 Å². The molecule has 0 aromatic heterocycles. The molecule has 78 heavy (non-hydrogen) atoms. The van der Waals surface area contributed by atoms with Crippen molar-refractivity contribution >= 4 is 35.4 Å². The number of benzene rings is 2. The molecule has 3 saturated heterocycles. The third kappa shape index (κ3) is 14.1. The van der Waals surface area contributed by atoms with Gasteiger partial charge in [0.05, 0.1) is 36.4 Å². The highest BCUT2D eigenvalue weighted by Crippen LogP contribution is 2.36. The molecule has 3 aliphatic heterocycles. The van der Waals surface area contributed by atoms with Gasteiger partial charge in [-0.3, -0.25) is 28.8 Å². The molecule has 0 spiro atoms. The maximum absolute atomic E-state index is 14.5. The van der Waals surface area contributed by atoms with Gasteiger partial charge in [-0.25, -0.2) is 0 Å². The first-order valence-corrected chi connectivity index (χ1v) is 29.9. The molecule has 18 nitrogen and oxygen atoms in total. The van der Waals surface area contributed by atoms with Crippen LogP contribution >= 0.6 is 0 Å². The lowest BCUT2D eigenvalue weighted by Crippen LogP contribution is -2.59. The van der Waals surface area contributed by atoms with Crippen LogP contribution in [-0.4, -0.2) is 183 Å². The number of fused-ring (bicyclic) bond motifs is 2. The number of amides is 6. The first kappa shape index (κ1) is 57.7. The molecule has 0 radical (unpaired) electrons. The normalized spacial score (nSPS) is 26.3. The Labute approximate surface area is 462 Å². The summed E-state index contributed by atoms with van der Waals surface area (Å²) in [6.45, 7) is 10.7. The number of rotatable bonds is 24. The van der Waals surface area contributed by atoms with E-state index < -0.39 is 36.3 Å². The highest BCUT2D eigenvalue weighted by molar-refractivity contribution is 5.95. The Morgan fingerprint density at radius 3 is 1.32 bits per heavy atom. The number of piperazine rings is 1. The van der Waals surface area contributed by atoms with E-state index >= 15 is 0 Å². The lowest BCUT2D eigenvalue weighted by molar-refractivity contribution is -0.144. The van der Waals surface area contributed by atoms with Gasteiger partial charge in [0.25, 0.3) is 0 Å². The molecule has 6 N–H and O–H groups in total. The highest BCUT2D eigenvalue weighted by Gasteiger charge is 2.48. The second kappa shape index (κ2) is 27.5.